The van der Waals surface area contributed by atoms with Crippen LogP contribution in [-0.4, -0.2) is 10.9 Å². The topological polar surface area (TPSA) is 41.6 Å². The maximum Gasteiger partial charge on any atom is 0.322 e. The fourth-order valence-electron chi connectivity index (χ4n) is 3.34. The van der Waals surface area contributed by atoms with Crippen LogP contribution in [0.15, 0.2) is 103 Å². The molecule has 2 amide bonds. The number of halogens is 2. The highest BCUT2D eigenvalue weighted by molar-refractivity contribution is 6.31. The minimum Gasteiger partial charge on any atom is -0.457 e. The largest absolute Gasteiger partial charge is 0.457 e. The smallest absolute Gasteiger partial charge is 0.322 e. The number of ether oxygens (including phenoxy) is 1. The van der Waals surface area contributed by atoms with Gasteiger partial charge in [0.25, 0.3) is 0 Å². The zero-order chi connectivity index (χ0) is 23.0. The van der Waals surface area contributed by atoms with E-state index in [4.69, 9.17) is 27.9 Å². The molecule has 0 aliphatic rings. The number of nitrogens with zero attached hydrogens (tertiary/aromatic N) is 1. The van der Waals surface area contributed by atoms with Crippen molar-refractivity contribution >= 4 is 34.9 Å². The van der Waals surface area contributed by atoms with E-state index >= 15 is 0 Å². The summed E-state index contributed by atoms with van der Waals surface area (Å²) in [5.74, 6) is 1.38. The van der Waals surface area contributed by atoms with Crippen molar-refractivity contribution in [3.05, 3.63) is 124 Å². The van der Waals surface area contributed by atoms with Crippen molar-refractivity contribution in [2.24, 2.45) is 0 Å². The molecule has 0 atom stereocenters. The molecule has 0 spiro atoms. The van der Waals surface area contributed by atoms with Crippen LogP contribution >= 0.6 is 23.2 Å². The van der Waals surface area contributed by atoms with Gasteiger partial charge in [0.1, 0.15) is 11.5 Å². The van der Waals surface area contributed by atoms with Gasteiger partial charge in [-0.2, -0.15) is 0 Å². The van der Waals surface area contributed by atoms with E-state index in [0.717, 1.165) is 11.1 Å². The molecule has 4 nitrogen and oxygen atoms in total. The number of carbonyl (C=O) groups excluding carboxylic acids is 1. The van der Waals surface area contributed by atoms with Gasteiger partial charge < -0.3 is 15.0 Å². The molecule has 0 radical (unpaired) electrons. The number of amides is 2. The highest BCUT2D eigenvalue weighted by Gasteiger charge is 2.16. The van der Waals surface area contributed by atoms with Crippen LogP contribution in [0, 0.1) is 0 Å². The summed E-state index contributed by atoms with van der Waals surface area (Å²) in [4.78, 5) is 14.9. The van der Waals surface area contributed by atoms with E-state index in [9.17, 15) is 4.79 Å². The van der Waals surface area contributed by atoms with Crippen LogP contribution in [0.1, 0.15) is 11.1 Å². The Labute approximate surface area is 203 Å². The quantitative estimate of drug-likeness (QED) is 0.293. The van der Waals surface area contributed by atoms with Crippen LogP contribution in [0.3, 0.4) is 0 Å². The molecule has 166 valence electrons. The molecule has 0 aromatic heterocycles. The molecule has 4 rings (SSSR count). The van der Waals surface area contributed by atoms with Gasteiger partial charge in [0.05, 0.1) is 0 Å². The molecule has 0 aliphatic carbocycles. The second-order valence-corrected chi connectivity index (χ2v) is 8.36. The zero-order valence-corrected chi connectivity index (χ0v) is 19.3. The van der Waals surface area contributed by atoms with E-state index in [0.29, 0.717) is 40.3 Å². The van der Waals surface area contributed by atoms with E-state index in [1.54, 1.807) is 35.2 Å². The van der Waals surface area contributed by atoms with Crippen LogP contribution in [-0.2, 0) is 13.1 Å². The van der Waals surface area contributed by atoms with Crippen molar-refractivity contribution in [2.75, 3.05) is 5.32 Å². The number of nitrogens with one attached hydrogen (secondary N) is 1. The Bertz CT molecular complexity index is 1210. The van der Waals surface area contributed by atoms with Gasteiger partial charge in [0.2, 0.25) is 0 Å². The van der Waals surface area contributed by atoms with E-state index < -0.39 is 0 Å². The Hall–Kier alpha value is -3.47. The van der Waals surface area contributed by atoms with Gasteiger partial charge in [-0.05, 0) is 65.7 Å². The van der Waals surface area contributed by atoms with Crippen molar-refractivity contribution in [1.82, 2.24) is 4.90 Å². The summed E-state index contributed by atoms with van der Waals surface area (Å²) in [6.07, 6.45) is 0. The average Bonchev–Trinajstić information content (AvgIpc) is 2.81. The van der Waals surface area contributed by atoms with E-state index in [-0.39, 0.29) is 6.03 Å². The van der Waals surface area contributed by atoms with Gasteiger partial charge in [0, 0.05) is 28.8 Å². The van der Waals surface area contributed by atoms with E-state index in [1.165, 1.54) is 0 Å². The van der Waals surface area contributed by atoms with Gasteiger partial charge in [-0.15, -0.1) is 0 Å². The maximum atomic E-state index is 13.2. The number of hydrogen-bond acceptors (Lipinski definition) is 2. The molecule has 0 unspecified atom stereocenters. The second kappa shape index (κ2) is 10.9. The minimum absolute atomic E-state index is 0.217. The van der Waals surface area contributed by atoms with Crippen LogP contribution in [0.25, 0.3) is 0 Å². The summed E-state index contributed by atoms with van der Waals surface area (Å²) < 4.78 is 5.95. The monoisotopic (exact) mass is 476 g/mol. The highest BCUT2D eigenvalue weighted by Crippen LogP contribution is 2.25. The van der Waals surface area contributed by atoms with Gasteiger partial charge in [0.15, 0.2) is 0 Å². The summed E-state index contributed by atoms with van der Waals surface area (Å²) in [7, 11) is 0. The minimum atomic E-state index is -0.217. The molecular weight excluding hydrogens is 455 g/mol. The Morgan fingerprint density at radius 2 is 1.39 bits per heavy atom. The molecule has 0 bridgehead atoms. The van der Waals surface area contributed by atoms with Gasteiger partial charge >= 0.3 is 6.03 Å². The lowest BCUT2D eigenvalue weighted by Gasteiger charge is -2.24. The average molecular weight is 477 g/mol. The molecule has 6 heteroatoms. The molecule has 0 saturated carbocycles. The van der Waals surface area contributed by atoms with Gasteiger partial charge in [-0.1, -0.05) is 71.7 Å². The molecule has 0 fully saturated rings. The first kappa shape index (κ1) is 22.7. The van der Waals surface area contributed by atoms with Crippen LogP contribution in [0.2, 0.25) is 10.0 Å². The zero-order valence-electron chi connectivity index (χ0n) is 17.7. The number of rotatable bonds is 7. The lowest BCUT2D eigenvalue weighted by atomic mass is 10.1. The van der Waals surface area contributed by atoms with Gasteiger partial charge in [-0.25, -0.2) is 4.79 Å². The standard InChI is InChI=1S/C27H22Cl2N2O2/c28-22-12-14-25(15-13-22)33-26-11-4-8-21(16-26)19-31(18-20-6-2-1-3-7-20)27(32)30-24-10-5-9-23(29)17-24/h1-17H,18-19H2,(H,30,32). The first-order chi connectivity index (χ1) is 16.0. The molecular formula is C27H22Cl2N2O2. The lowest BCUT2D eigenvalue weighted by molar-refractivity contribution is 0.206. The Kier molecular flexibility index (Phi) is 7.51. The third kappa shape index (κ3) is 6.75. The maximum absolute atomic E-state index is 13.2. The predicted molar refractivity (Wildman–Crippen MR) is 134 cm³/mol. The fourth-order valence-corrected chi connectivity index (χ4v) is 3.65. The highest BCUT2D eigenvalue weighted by atomic mass is 35.5. The van der Waals surface area contributed by atoms with Gasteiger partial charge in [-0.3, -0.25) is 0 Å². The van der Waals surface area contributed by atoms with E-state index in [1.807, 2.05) is 72.8 Å². The van der Waals surface area contributed by atoms with Crippen LogP contribution in [0.5, 0.6) is 11.5 Å². The molecule has 0 heterocycles. The third-order valence-electron chi connectivity index (χ3n) is 4.90. The number of carbonyl (C=O) groups is 1. The Balaban J connectivity index is 1.52. The summed E-state index contributed by atoms with van der Waals surface area (Å²) in [6.45, 7) is 0.856. The Morgan fingerprint density at radius 3 is 2.15 bits per heavy atom. The normalized spacial score (nSPS) is 10.5. The van der Waals surface area contributed by atoms with Crippen molar-refractivity contribution in [3.8, 4) is 11.5 Å². The van der Waals surface area contributed by atoms with Crippen molar-refractivity contribution in [2.45, 2.75) is 13.1 Å². The first-order valence-corrected chi connectivity index (χ1v) is 11.2. The van der Waals surface area contributed by atoms with Crippen molar-refractivity contribution < 1.29 is 9.53 Å². The first-order valence-electron chi connectivity index (χ1n) is 10.4. The summed E-state index contributed by atoms with van der Waals surface area (Å²) in [6, 6.07) is 31.7. The molecule has 33 heavy (non-hydrogen) atoms. The molecule has 0 aliphatic heterocycles. The molecule has 0 saturated heterocycles. The van der Waals surface area contributed by atoms with Crippen molar-refractivity contribution in [3.63, 3.8) is 0 Å². The van der Waals surface area contributed by atoms with Crippen molar-refractivity contribution in [1.29, 1.82) is 0 Å². The molecule has 4 aromatic carbocycles. The van der Waals surface area contributed by atoms with Crippen LogP contribution < -0.4 is 10.1 Å². The fraction of sp³-hybridized carbons (Fsp3) is 0.0741. The number of urea groups is 1. The number of hydrogen-bond donors (Lipinski definition) is 1. The molecule has 4 aromatic rings. The predicted octanol–water partition coefficient (Wildman–Crippen LogP) is 8.02. The summed E-state index contributed by atoms with van der Waals surface area (Å²) in [5, 5.41) is 4.16. The lowest BCUT2D eigenvalue weighted by Crippen LogP contribution is -2.34. The second-order valence-electron chi connectivity index (χ2n) is 7.49. The number of benzene rings is 4. The molecule has 1 N–H and O–H groups in total. The SMILES string of the molecule is O=C(Nc1cccc(Cl)c1)N(Cc1ccccc1)Cc1cccc(Oc2ccc(Cl)cc2)c1. The number of anilines is 1. The Morgan fingerprint density at radius 1 is 0.697 bits per heavy atom. The third-order valence-corrected chi connectivity index (χ3v) is 5.39. The van der Waals surface area contributed by atoms with E-state index in [2.05, 4.69) is 5.32 Å². The van der Waals surface area contributed by atoms with Crippen LogP contribution in [0.4, 0.5) is 10.5 Å². The summed E-state index contributed by atoms with van der Waals surface area (Å²) in [5.41, 5.74) is 2.62. The summed E-state index contributed by atoms with van der Waals surface area (Å²) >= 11 is 12.0.